The maximum Gasteiger partial charge on any atom is 0.211 e. The highest BCUT2D eigenvalue weighted by atomic mass is 16.1. The molecule has 35 heavy (non-hydrogen) atoms. The number of amides is 1. The molecule has 1 aliphatic heterocycles. The van der Waals surface area contributed by atoms with Crippen LogP contribution in [0.4, 0.5) is 5.69 Å². The Hall–Kier alpha value is -2.54. The van der Waals surface area contributed by atoms with Crippen molar-refractivity contribution in [1.29, 1.82) is 0 Å². The molecule has 1 saturated heterocycles. The van der Waals surface area contributed by atoms with E-state index in [9.17, 15) is 4.79 Å². The molecule has 194 valence electrons. The van der Waals surface area contributed by atoms with Crippen molar-refractivity contribution in [1.82, 2.24) is 19.7 Å². The SMILES string of the molecule is CC=O.CCC(C)CCCc1nnc(C2CCN(C)C2)n1C1CC1.Cc1ccc(NC=O)c(C)c1. The van der Waals surface area contributed by atoms with Gasteiger partial charge in [-0.15, -0.1) is 10.2 Å². The Balaban J connectivity index is 0.000000260. The van der Waals surface area contributed by atoms with Gasteiger partial charge in [-0.3, -0.25) is 4.79 Å². The molecule has 2 atom stereocenters. The smallest absolute Gasteiger partial charge is 0.211 e. The van der Waals surface area contributed by atoms with Gasteiger partial charge in [-0.1, -0.05) is 44.4 Å². The summed E-state index contributed by atoms with van der Waals surface area (Å²) < 4.78 is 2.51. The highest BCUT2D eigenvalue weighted by Crippen LogP contribution is 2.39. The monoisotopic (exact) mass is 483 g/mol. The maximum atomic E-state index is 10.1. The molecule has 7 heteroatoms. The minimum Gasteiger partial charge on any atom is -0.328 e. The highest BCUT2D eigenvalue weighted by Gasteiger charge is 2.33. The first kappa shape index (κ1) is 28.7. The van der Waals surface area contributed by atoms with Crippen molar-refractivity contribution in [3.63, 3.8) is 0 Å². The molecule has 7 nitrogen and oxygen atoms in total. The lowest BCUT2D eigenvalue weighted by atomic mass is 10.0. The number of aromatic nitrogens is 3. The largest absolute Gasteiger partial charge is 0.328 e. The Bertz CT molecular complexity index is 922. The van der Waals surface area contributed by atoms with Gasteiger partial charge in [-0.05, 0) is 77.6 Å². The molecule has 2 unspecified atom stereocenters. The first-order chi connectivity index (χ1) is 16.8. The van der Waals surface area contributed by atoms with Gasteiger partial charge in [0, 0.05) is 30.6 Å². The lowest BCUT2D eigenvalue weighted by molar-refractivity contribution is -0.106. The summed E-state index contributed by atoms with van der Waals surface area (Å²) in [7, 11) is 2.21. The van der Waals surface area contributed by atoms with Crippen molar-refractivity contribution < 1.29 is 9.59 Å². The predicted octanol–water partition coefficient (Wildman–Crippen LogP) is 5.48. The van der Waals surface area contributed by atoms with Gasteiger partial charge in [0.15, 0.2) is 0 Å². The Kier molecular flexibility index (Phi) is 12.1. The average Bonchev–Trinajstić information content (AvgIpc) is 3.44. The van der Waals surface area contributed by atoms with Crippen molar-refractivity contribution in [2.75, 3.05) is 25.5 Å². The summed E-state index contributed by atoms with van der Waals surface area (Å²) in [6.07, 6.45) is 10.3. The van der Waals surface area contributed by atoms with E-state index in [1.54, 1.807) is 0 Å². The number of aldehydes is 1. The van der Waals surface area contributed by atoms with Crippen LogP contribution in [0, 0.1) is 19.8 Å². The maximum absolute atomic E-state index is 10.1. The van der Waals surface area contributed by atoms with Gasteiger partial charge in [-0.25, -0.2) is 0 Å². The molecule has 1 aromatic heterocycles. The molecule has 1 saturated carbocycles. The number of likely N-dealkylation sites (tertiary alicyclic amines) is 1. The van der Waals surface area contributed by atoms with Crippen molar-refractivity contribution >= 4 is 18.4 Å². The molecule has 4 rings (SSSR count). The number of benzene rings is 1. The molecule has 2 fully saturated rings. The minimum atomic E-state index is 0.603. The molecule has 1 amide bonds. The van der Waals surface area contributed by atoms with Crippen molar-refractivity contribution in [3.05, 3.63) is 41.0 Å². The van der Waals surface area contributed by atoms with Crippen molar-refractivity contribution in [2.45, 2.75) is 91.5 Å². The second kappa shape index (κ2) is 14.8. The van der Waals surface area contributed by atoms with Crippen LogP contribution in [0.5, 0.6) is 0 Å². The number of nitrogens with zero attached hydrogens (tertiary/aromatic N) is 4. The van der Waals surface area contributed by atoms with E-state index in [1.807, 2.05) is 32.0 Å². The summed E-state index contributed by atoms with van der Waals surface area (Å²) in [6.45, 7) is 12.4. The number of nitrogens with one attached hydrogen (secondary N) is 1. The molecule has 1 aromatic carbocycles. The summed E-state index contributed by atoms with van der Waals surface area (Å²) in [5.41, 5.74) is 3.18. The van der Waals surface area contributed by atoms with Crippen LogP contribution in [-0.2, 0) is 16.0 Å². The van der Waals surface area contributed by atoms with E-state index >= 15 is 0 Å². The first-order valence-corrected chi connectivity index (χ1v) is 13.1. The van der Waals surface area contributed by atoms with E-state index < -0.39 is 0 Å². The van der Waals surface area contributed by atoms with Crippen LogP contribution in [-0.4, -0.2) is 52.5 Å². The van der Waals surface area contributed by atoms with Gasteiger partial charge in [-0.2, -0.15) is 0 Å². The van der Waals surface area contributed by atoms with E-state index in [-0.39, 0.29) is 0 Å². The summed E-state index contributed by atoms with van der Waals surface area (Å²) in [4.78, 5) is 21.3. The van der Waals surface area contributed by atoms with Gasteiger partial charge in [0.25, 0.3) is 0 Å². The van der Waals surface area contributed by atoms with Crippen LogP contribution < -0.4 is 5.32 Å². The molecule has 1 aliphatic carbocycles. The Morgan fingerprint density at radius 1 is 1.17 bits per heavy atom. The normalized spacial score (nSPS) is 18.1. The van der Waals surface area contributed by atoms with Crippen LogP contribution in [0.2, 0.25) is 0 Å². The van der Waals surface area contributed by atoms with Crippen molar-refractivity contribution in [2.24, 2.45) is 5.92 Å². The molecule has 2 aromatic rings. The summed E-state index contributed by atoms with van der Waals surface area (Å²) >= 11 is 0. The van der Waals surface area contributed by atoms with Crippen LogP contribution in [0.1, 0.15) is 94.0 Å². The zero-order valence-corrected chi connectivity index (χ0v) is 22.6. The third-order valence-electron chi connectivity index (χ3n) is 6.85. The van der Waals surface area contributed by atoms with Crippen LogP contribution in [0.25, 0.3) is 0 Å². The second-order valence-corrected chi connectivity index (χ2v) is 10.0. The number of aryl methyl sites for hydroxylation is 3. The molecule has 0 radical (unpaired) electrons. The van der Waals surface area contributed by atoms with Gasteiger partial charge in [0.05, 0.1) is 0 Å². The van der Waals surface area contributed by atoms with Crippen LogP contribution in [0.3, 0.4) is 0 Å². The number of rotatable bonds is 9. The topological polar surface area (TPSA) is 80.1 Å². The molecular formula is C28H45N5O2. The summed E-state index contributed by atoms with van der Waals surface area (Å²) in [5, 5.41) is 11.8. The summed E-state index contributed by atoms with van der Waals surface area (Å²) in [5.74, 6) is 3.97. The number of likely N-dealkylation sites (N-methyl/N-ethyl adjacent to an activating group) is 1. The quantitative estimate of drug-likeness (QED) is 0.478. The zero-order chi connectivity index (χ0) is 25.8. The molecule has 0 bridgehead atoms. The van der Waals surface area contributed by atoms with Gasteiger partial charge in [0.2, 0.25) is 6.41 Å². The molecule has 0 spiro atoms. The Morgan fingerprint density at radius 3 is 2.43 bits per heavy atom. The van der Waals surface area contributed by atoms with E-state index in [0.717, 1.165) is 36.4 Å². The van der Waals surface area contributed by atoms with Gasteiger partial charge >= 0.3 is 0 Å². The number of carbonyl (C=O) groups excluding carboxylic acids is 2. The standard InChI is InChI=1S/C17H30N4.C9H11NO.C2H4O/c1-4-13(2)6-5-7-16-18-19-17(21(16)15-8-9-15)14-10-11-20(3)12-14;1-7-3-4-9(10-6-11)8(2)5-7;1-2-3/h13-15H,4-12H2,1-3H3;3-6H,1-2H3,(H,10,11);2H,1H3. The number of hydrogen-bond donors (Lipinski definition) is 1. The van der Waals surface area contributed by atoms with E-state index in [2.05, 4.69) is 45.9 Å². The van der Waals surface area contributed by atoms with Gasteiger partial charge in [0.1, 0.15) is 17.9 Å². The zero-order valence-electron chi connectivity index (χ0n) is 22.6. The number of hydrogen-bond acceptors (Lipinski definition) is 5. The fourth-order valence-corrected chi connectivity index (χ4v) is 4.51. The third kappa shape index (κ3) is 9.21. The lowest BCUT2D eigenvalue weighted by Crippen LogP contribution is -2.16. The third-order valence-corrected chi connectivity index (χ3v) is 6.85. The molecule has 2 heterocycles. The van der Waals surface area contributed by atoms with Crippen LogP contribution in [0.15, 0.2) is 18.2 Å². The predicted molar refractivity (Wildman–Crippen MR) is 143 cm³/mol. The van der Waals surface area contributed by atoms with Crippen LogP contribution >= 0.6 is 0 Å². The van der Waals surface area contributed by atoms with E-state index in [0.29, 0.717) is 18.4 Å². The molecule has 1 N–H and O–H groups in total. The Morgan fingerprint density at radius 2 is 1.89 bits per heavy atom. The molecular weight excluding hydrogens is 438 g/mol. The molecule has 2 aliphatic rings. The van der Waals surface area contributed by atoms with Crippen molar-refractivity contribution in [3.8, 4) is 0 Å². The highest BCUT2D eigenvalue weighted by molar-refractivity contribution is 5.73. The fourth-order valence-electron chi connectivity index (χ4n) is 4.51. The lowest BCUT2D eigenvalue weighted by Gasteiger charge is -2.14. The number of carbonyl (C=O) groups is 2. The van der Waals surface area contributed by atoms with E-state index in [1.165, 1.54) is 69.2 Å². The fraction of sp³-hybridized carbons (Fsp3) is 0.643. The van der Waals surface area contributed by atoms with E-state index in [4.69, 9.17) is 4.79 Å². The summed E-state index contributed by atoms with van der Waals surface area (Å²) in [6, 6.07) is 6.61. The average molecular weight is 484 g/mol. The number of anilines is 1. The second-order valence-electron chi connectivity index (χ2n) is 10.0. The van der Waals surface area contributed by atoms with Gasteiger partial charge < -0.3 is 19.6 Å². The first-order valence-electron chi connectivity index (χ1n) is 13.1. The minimum absolute atomic E-state index is 0.603. The Labute approximate surface area is 211 Å².